The molecule has 1 aliphatic heterocycles. The molecular formula is C18H22N4O. The van der Waals surface area contributed by atoms with Crippen LogP contribution in [0.4, 0.5) is 0 Å². The molecule has 0 aromatic carbocycles. The molecule has 0 aliphatic carbocycles. The number of aryl methyl sites for hydroxylation is 1. The lowest BCUT2D eigenvalue weighted by Crippen LogP contribution is -2.28. The smallest absolute Gasteiger partial charge is 0.154 e. The summed E-state index contributed by atoms with van der Waals surface area (Å²) in [6.07, 6.45) is 5.07. The molecule has 23 heavy (non-hydrogen) atoms. The zero-order chi connectivity index (χ0) is 15.6. The minimum absolute atomic E-state index is 0.842. The van der Waals surface area contributed by atoms with Gasteiger partial charge in [0.15, 0.2) is 5.76 Å². The highest BCUT2D eigenvalue weighted by atomic mass is 16.3. The fourth-order valence-electron chi connectivity index (χ4n) is 3.23. The first-order chi connectivity index (χ1) is 11.3. The molecule has 0 unspecified atom stereocenters. The van der Waals surface area contributed by atoms with Gasteiger partial charge in [-0.2, -0.15) is 0 Å². The number of imidazole rings is 1. The van der Waals surface area contributed by atoms with E-state index in [0.29, 0.717) is 0 Å². The Kier molecular flexibility index (Phi) is 3.89. The quantitative estimate of drug-likeness (QED) is 0.808. The van der Waals surface area contributed by atoms with Crippen molar-refractivity contribution in [2.75, 3.05) is 26.2 Å². The third kappa shape index (κ3) is 2.90. The van der Waals surface area contributed by atoms with Gasteiger partial charge in [-0.1, -0.05) is 6.07 Å². The van der Waals surface area contributed by atoms with Gasteiger partial charge >= 0.3 is 0 Å². The van der Waals surface area contributed by atoms with Crippen molar-refractivity contribution in [2.45, 2.75) is 19.9 Å². The molecule has 4 rings (SSSR count). The normalized spacial score (nSPS) is 16.7. The Bertz CT molecular complexity index is 783. The highest BCUT2D eigenvalue weighted by molar-refractivity contribution is 5.62. The third-order valence-corrected chi connectivity index (χ3v) is 4.43. The monoisotopic (exact) mass is 310 g/mol. The lowest BCUT2D eigenvalue weighted by atomic mass is 10.2. The third-order valence-electron chi connectivity index (χ3n) is 4.43. The van der Waals surface area contributed by atoms with Gasteiger partial charge in [0.05, 0.1) is 12.0 Å². The van der Waals surface area contributed by atoms with Crippen molar-refractivity contribution in [2.24, 2.45) is 0 Å². The topological polar surface area (TPSA) is 45.7 Å². The van der Waals surface area contributed by atoms with Gasteiger partial charge in [0.2, 0.25) is 0 Å². The molecule has 5 nitrogen and oxygen atoms in total. The summed E-state index contributed by atoms with van der Waals surface area (Å²) in [7, 11) is 0. The van der Waals surface area contributed by atoms with Crippen LogP contribution < -0.4 is 5.32 Å². The second-order valence-corrected chi connectivity index (χ2v) is 6.20. The van der Waals surface area contributed by atoms with Crippen molar-refractivity contribution in [1.29, 1.82) is 0 Å². The SMILES string of the molecule is Cc1ccc2nc(-c3ccco3)c(CN3CCCNCC3)n2c1. The average Bonchev–Trinajstić information content (AvgIpc) is 3.10. The second kappa shape index (κ2) is 6.18. The van der Waals surface area contributed by atoms with Crippen LogP contribution in [0.5, 0.6) is 0 Å². The maximum Gasteiger partial charge on any atom is 0.154 e. The van der Waals surface area contributed by atoms with Crippen LogP contribution in [0.1, 0.15) is 17.7 Å². The first-order valence-electron chi connectivity index (χ1n) is 8.26. The van der Waals surface area contributed by atoms with Crippen LogP contribution in [0, 0.1) is 6.92 Å². The van der Waals surface area contributed by atoms with Crippen molar-refractivity contribution >= 4 is 5.65 Å². The molecule has 0 radical (unpaired) electrons. The van der Waals surface area contributed by atoms with Crippen LogP contribution in [0.25, 0.3) is 17.1 Å². The summed E-state index contributed by atoms with van der Waals surface area (Å²) in [5, 5.41) is 3.46. The molecular weight excluding hydrogens is 288 g/mol. The van der Waals surface area contributed by atoms with Gasteiger partial charge in [0.25, 0.3) is 0 Å². The summed E-state index contributed by atoms with van der Waals surface area (Å²) in [6, 6.07) is 8.09. The maximum atomic E-state index is 5.63. The van der Waals surface area contributed by atoms with E-state index in [1.54, 1.807) is 6.26 Å². The summed E-state index contributed by atoms with van der Waals surface area (Å²) < 4.78 is 7.84. The summed E-state index contributed by atoms with van der Waals surface area (Å²) in [5.41, 5.74) is 4.38. The standard InChI is InChI=1S/C18H22N4O/c1-14-5-6-17-20-18(16-4-2-11-23-16)15(22(17)12-14)13-21-9-3-7-19-8-10-21/h2,4-6,11-12,19H,3,7-10,13H2,1H3. The number of rotatable bonds is 3. The van der Waals surface area contributed by atoms with E-state index in [-0.39, 0.29) is 0 Å². The Morgan fingerprint density at radius 3 is 3.04 bits per heavy atom. The Morgan fingerprint density at radius 1 is 1.22 bits per heavy atom. The Labute approximate surface area is 135 Å². The molecule has 0 saturated carbocycles. The van der Waals surface area contributed by atoms with E-state index in [1.165, 1.54) is 17.7 Å². The van der Waals surface area contributed by atoms with Crippen LogP contribution in [-0.4, -0.2) is 40.5 Å². The molecule has 0 atom stereocenters. The van der Waals surface area contributed by atoms with Gasteiger partial charge in [-0.05, 0) is 50.2 Å². The molecule has 1 aliphatic rings. The second-order valence-electron chi connectivity index (χ2n) is 6.20. The number of pyridine rings is 1. The molecule has 4 heterocycles. The van der Waals surface area contributed by atoms with E-state index in [9.17, 15) is 0 Å². The zero-order valence-corrected chi connectivity index (χ0v) is 13.5. The number of hydrogen-bond acceptors (Lipinski definition) is 4. The molecule has 1 saturated heterocycles. The summed E-state index contributed by atoms with van der Waals surface area (Å²) in [6.45, 7) is 7.34. The number of fused-ring (bicyclic) bond motifs is 1. The van der Waals surface area contributed by atoms with E-state index in [4.69, 9.17) is 9.40 Å². The molecule has 120 valence electrons. The van der Waals surface area contributed by atoms with Crippen LogP contribution in [0.3, 0.4) is 0 Å². The molecule has 3 aromatic heterocycles. The largest absolute Gasteiger partial charge is 0.463 e. The van der Waals surface area contributed by atoms with E-state index >= 15 is 0 Å². The van der Waals surface area contributed by atoms with E-state index < -0.39 is 0 Å². The van der Waals surface area contributed by atoms with Crippen LogP contribution >= 0.6 is 0 Å². The average molecular weight is 310 g/mol. The fraction of sp³-hybridized carbons (Fsp3) is 0.389. The fourth-order valence-corrected chi connectivity index (χ4v) is 3.23. The van der Waals surface area contributed by atoms with Gasteiger partial charge in [-0.15, -0.1) is 0 Å². The van der Waals surface area contributed by atoms with Crippen molar-refractivity contribution in [3.8, 4) is 11.5 Å². The predicted octanol–water partition coefficient (Wildman–Crippen LogP) is 2.70. The molecule has 5 heteroatoms. The number of nitrogens with one attached hydrogen (secondary N) is 1. The molecule has 0 bridgehead atoms. The van der Waals surface area contributed by atoms with E-state index in [0.717, 1.165) is 49.8 Å². The van der Waals surface area contributed by atoms with Crippen molar-refractivity contribution < 1.29 is 4.42 Å². The zero-order valence-electron chi connectivity index (χ0n) is 13.5. The molecule has 3 aromatic rings. The predicted molar refractivity (Wildman–Crippen MR) is 90.4 cm³/mol. The van der Waals surface area contributed by atoms with E-state index in [2.05, 4.69) is 39.9 Å². The summed E-state index contributed by atoms with van der Waals surface area (Å²) in [4.78, 5) is 7.31. The Balaban J connectivity index is 1.78. The number of furan rings is 1. The molecule has 0 amide bonds. The van der Waals surface area contributed by atoms with Gasteiger partial charge < -0.3 is 14.1 Å². The van der Waals surface area contributed by atoms with Gasteiger partial charge in [-0.25, -0.2) is 4.98 Å². The number of aromatic nitrogens is 2. The van der Waals surface area contributed by atoms with Gasteiger partial charge in [0, 0.05) is 25.8 Å². The van der Waals surface area contributed by atoms with Gasteiger partial charge in [0.1, 0.15) is 11.3 Å². The lowest BCUT2D eigenvalue weighted by molar-refractivity contribution is 0.280. The van der Waals surface area contributed by atoms with Crippen molar-refractivity contribution in [3.63, 3.8) is 0 Å². The minimum Gasteiger partial charge on any atom is -0.463 e. The summed E-state index contributed by atoms with van der Waals surface area (Å²) in [5.74, 6) is 0.842. The van der Waals surface area contributed by atoms with Crippen LogP contribution in [0.15, 0.2) is 41.1 Å². The number of hydrogen-bond donors (Lipinski definition) is 1. The van der Waals surface area contributed by atoms with Gasteiger partial charge in [-0.3, -0.25) is 4.90 Å². The first kappa shape index (κ1) is 14.5. The van der Waals surface area contributed by atoms with Crippen molar-refractivity contribution in [1.82, 2.24) is 19.6 Å². The van der Waals surface area contributed by atoms with E-state index in [1.807, 2.05) is 12.1 Å². The molecule has 1 fully saturated rings. The van der Waals surface area contributed by atoms with Crippen LogP contribution in [0.2, 0.25) is 0 Å². The maximum absolute atomic E-state index is 5.63. The number of nitrogens with zero attached hydrogens (tertiary/aromatic N) is 3. The summed E-state index contributed by atoms with van der Waals surface area (Å²) >= 11 is 0. The van der Waals surface area contributed by atoms with Crippen molar-refractivity contribution in [3.05, 3.63) is 48.0 Å². The minimum atomic E-state index is 0.842. The highest BCUT2D eigenvalue weighted by Crippen LogP contribution is 2.26. The molecule has 0 spiro atoms. The molecule has 1 N–H and O–H groups in total. The Hall–Kier alpha value is -2.11. The Morgan fingerprint density at radius 2 is 2.17 bits per heavy atom. The lowest BCUT2D eigenvalue weighted by Gasteiger charge is -2.19. The van der Waals surface area contributed by atoms with Crippen LogP contribution in [-0.2, 0) is 6.54 Å². The highest BCUT2D eigenvalue weighted by Gasteiger charge is 2.19. The first-order valence-corrected chi connectivity index (χ1v) is 8.26.